The summed E-state index contributed by atoms with van der Waals surface area (Å²) in [5.41, 5.74) is 2.85. The van der Waals surface area contributed by atoms with Crippen molar-refractivity contribution in [3.8, 4) is 0 Å². The third kappa shape index (κ3) is 7.79. The van der Waals surface area contributed by atoms with Crippen molar-refractivity contribution in [2.24, 2.45) is 4.99 Å². The van der Waals surface area contributed by atoms with E-state index in [0.29, 0.717) is 18.1 Å². The van der Waals surface area contributed by atoms with Crippen molar-refractivity contribution < 1.29 is 14.3 Å². The summed E-state index contributed by atoms with van der Waals surface area (Å²) in [6, 6.07) is 7.02. The molecule has 0 heterocycles. The minimum absolute atomic E-state index is 0.0561. The van der Waals surface area contributed by atoms with Crippen molar-refractivity contribution in [2.75, 3.05) is 6.61 Å². The molecule has 1 aromatic carbocycles. The number of rotatable bonds is 9. The first-order valence-electron chi connectivity index (χ1n) is 7.98. The smallest absolute Gasteiger partial charge is 0.307 e. The summed E-state index contributed by atoms with van der Waals surface area (Å²) >= 11 is 6.02. The van der Waals surface area contributed by atoms with Crippen LogP contribution in [0.15, 0.2) is 59.6 Å². The second-order valence-electron chi connectivity index (χ2n) is 5.44. The molecule has 25 heavy (non-hydrogen) atoms. The molecule has 0 saturated heterocycles. The highest BCUT2D eigenvalue weighted by atomic mass is 35.5. The molecule has 0 spiro atoms. The molecule has 0 fully saturated rings. The maximum absolute atomic E-state index is 11.6. The minimum Gasteiger partial charge on any atom is -0.466 e. The van der Waals surface area contributed by atoms with Crippen molar-refractivity contribution in [3.05, 3.63) is 65.2 Å². The number of carbonyl (C=O) groups is 1. The van der Waals surface area contributed by atoms with E-state index >= 15 is 0 Å². The van der Waals surface area contributed by atoms with E-state index in [1.54, 1.807) is 13.0 Å². The van der Waals surface area contributed by atoms with Gasteiger partial charge < -0.3 is 4.74 Å². The fraction of sp³-hybridized carbons (Fsp3) is 0.300. The van der Waals surface area contributed by atoms with E-state index in [2.05, 4.69) is 11.6 Å². The van der Waals surface area contributed by atoms with Gasteiger partial charge in [0.15, 0.2) is 0 Å². The highest BCUT2D eigenvalue weighted by molar-refractivity contribution is 6.30. The van der Waals surface area contributed by atoms with Crippen LogP contribution >= 0.6 is 11.6 Å². The first kappa shape index (κ1) is 20.6. The van der Waals surface area contributed by atoms with Gasteiger partial charge in [-0.25, -0.2) is 9.79 Å². The van der Waals surface area contributed by atoms with Crippen LogP contribution in [0.4, 0.5) is 0 Å². The monoisotopic (exact) mass is 359 g/mol. The van der Waals surface area contributed by atoms with Crippen LogP contribution in [0.25, 0.3) is 5.57 Å². The Bertz CT molecular complexity index is 715. The van der Waals surface area contributed by atoms with E-state index in [1.807, 2.05) is 43.3 Å². The normalized spacial score (nSPS) is 12.9. The lowest BCUT2D eigenvalue weighted by Gasteiger charge is -2.10. The predicted octanol–water partition coefficient (Wildman–Crippen LogP) is 4.90. The number of carbonyl (C=O) groups excluding carboxylic acids is 2. The summed E-state index contributed by atoms with van der Waals surface area (Å²) < 4.78 is 4.90. The maximum Gasteiger partial charge on any atom is 0.307 e. The molecule has 1 rings (SSSR count). The van der Waals surface area contributed by atoms with Crippen molar-refractivity contribution in [2.45, 2.75) is 32.7 Å². The lowest BCUT2D eigenvalue weighted by molar-refractivity contribution is -0.143. The van der Waals surface area contributed by atoms with Crippen LogP contribution in [0.2, 0.25) is 5.02 Å². The Hall–Kier alpha value is -2.42. The third-order valence-corrected chi connectivity index (χ3v) is 3.66. The quantitative estimate of drug-likeness (QED) is 0.272. The van der Waals surface area contributed by atoms with Crippen LogP contribution < -0.4 is 0 Å². The molecule has 1 atom stereocenters. The lowest BCUT2D eigenvalue weighted by Crippen LogP contribution is -2.14. The molecular formula is C20H22ClNO3. The summed E-state index contributed by atoms with van der Waals surface area (Å²) in [5, 5.41) is 0.653. The Morgan fingerprint density at radius 1 is 1.40 bits per heavy atom. The topological polar surface area (TPSA) is 55.7 Å². The van der Waals surface area contributed by atoms with Gasteiger partial charge in [-0.1, -0.05) is 54.1 Å². The Labute approximate surface area is 153 Å². The highest BCUT2D eigenvalue weighted by Crippen LogP contribution is 2.20. The molecule has 1 unspecified atom stereocenters. The van der Waals surface area contributed by atoms with Crippen LogP contribution in [-0.2, 0) is 14.3 Å². The molecule has 0 aliphatic heterocycles. The maximum atomic E-state index is 11.6. The number of isocyanates is 1. The standard InChI is InChI=1S/C20H22ClNO3/c1-4-16(17-7-6-8-18(21)12-17)10-9-15(3)11-19(22-14-23)13-20(24)25-5-2/h4,6-10,12,19H,1,5,11,13H2,2-3H3. The second-order valence-corrected chi connectivity index (χ2v) is 5.87. The van der Waals surface area contributed by atoms with Gasteiger partial charge in [-0.2, -0.15) is 0 Å². The van der Waals surface area contributed by atoms with Crippen molar-refractivity contribution >= 4 is 29.2 Å². The van der Waals surface area contributed by atoms with E-state index < -0.39 is 6.04 Å². The van der Waals surface area contributed by atoms with Gasteiger partial charge in [-0.3, -0.25) is 4.79 Å². The Balaban J connectivity index is 2.87. The zero-order valence-electron chi connectivity index (χ0n) is 14.5. The number of nitrogens with zero attached hydrogens (tertiary/aromatic N) is 1. The second kappa shape index (κ2) is 11.2. The van der Waals surface area contributed by atoms with Crippen LogP contribution in [0.1, 0.15) is 32.3 Å². The number of ether oxygens (including phenoxy) is 1. The van der Waals surface area contributed by atoms with Gasteiger partial charge in [0, 0.05) is 5.02 Å². The number of benzene rings is 1. The molecular weight excluding hydrogens is 338 g/mol. The molecule has 0 aliphatic rings. The Morgan fingerprint density at radius 2 is 2.16 bits per heavy atom. The minimum atomic E-state index is -0.473. The van der Waals surface area contributed by atoms with Crippen molar-refractivity contribution in [1.82, 2.24) is 0 Å². The zero-order chi connectivity index (χ0) is 18.7. The van der Waals surface area contributed by atoms with Crippen molar-refractivity contribution in [1.29, 1.82) is 0 Å². The third-order valence-electron chi connectivity index (χ3n) is 3.43. The molecule has 0 radical (unpaired) electrons. The van der Waals surface area contributed by atoms with E-state index in [9.17, 15) is 9.59 Å². The van der Waals surface area contributed by atoms with E-state index in [4.69, 9.17) is 16.3 Å². The molecule has 1 aromatic rings. The average molecular weight is 360 g/mol. The molecule has 0 aliphatic carbocycles. The fourth-order valence-electron chi connectivity index (χ4n) is 2.27. The SMILES string of the molecule is C=CC(=CC=C(C)CC(CC(=O)OCC)N=C=O)c1cccc(Cl)c1. The highest BCUT2D eigenvalue weighted by Gasteiger charge is 2.14. The predicted molar refractivity (Wildman–Crippen MR) is 101 cm³/mol. The molecule has 0 aromatic heterocycles. The number of esters is 1. The summed E-state index contributed by atoms with van der Waals surface area (Å²) in [6.45, 7) is 7.77. The number of hydrogen-bond donors (Lipinski definition) is 0. The molecule has 0 N–H and O–H groups in total. The van der Waals surface area contributed by atoms with Crippen LogP contribution in [0.3, 0.4) is 0 Å². The summed E-state index contributed by atoms with van der Waals surface area (Å²) in [6.07, 6.45) is 7.62. The largest absolute Gasteiger partial charge is 0.466 e. The number of aliphatic imine (C=N–C) groups is 1. The summed E-state index contributed by atoms with van der Waals surface area (Å²) in [4.78, 5) is 25.8. The first-order chi connectivity index (χ1) is 12.0. The van der Waals surface area contributed by atoms with E-state index in [0.717, 1.165) is 16.7 Å². The number of halogens is 1. The summed E-state index contributed by atoms with van der Waals surface area (Å²) in [5.74, 6) is -0.374. The van der Waals surface area contributed by atoms with Crippen LogP contribution in [0, 0.1) is 0 Å². The van der Waals surface area contributed by atoms with E-state index in [-0.39, 0.29) is 12.4 Å². The van der Waals surface area contributed by atoms with Gasteiger partial charge in [-0.05, 0) is 43.5 Å². The van der Waals surface area contributed by atoms with E-state index in [1.165, 1.54) is 6.08 Å². The molecule has 0 amide bonds. The molecule has 4 nitrogen and oxygen atoms in total. The van der Waals surface area contributed by atoms with Gasteiger partial charge in [0.25, 0.3) is 0 Å². The molecule has 0 bridgehead atoms. The number of allylic oxidation sites excluding steroid dienone is 4. The van der Waals surface area contributed by atoms with Gasteiger partial charge in [0.05, 0.1) is 19.1 Å². The average Bonchev–Trinajstić information content (AvgIpc) is 2.56. The zero-order valence-corrected chi connectivity index (χ0v) is 15.3. The van der Waals surface area contributed by atoms with Gasteiger partial charge >= 0.3 is 5.97 Å². The van der Waals surface area contributed by atoms with Crippen LogP contribution in [-0.4, -0.2) is 24.7 Å². The van der Waals surface area contributed by atoms with Crippen molar-refractivity contribution in [3.63, 3.8) is 0 Å². The summed E-state index contributed by atoms with van der Waals surface area (Å²) in [7, 11) is 0. The molecule has 5 heteroatoms. The van der Waals surface area contributed by atoms with Crippen LogP contribution in [0.5, 0.6) is 0 Å². The molecule has 0 saturated carbocycles. The molecule has 132 valence electrons. The van der Waals surface area contributed by atoms with Gasteiger partial charge in [-0.15, -0.1) is 0 Å². The number of hydrogen-bond acceptors (Lipinski definition) is 4. The lowest BCUT2D eigenvalue weighted by atomic mass is 10.0. The van der Waals surface area contributed by atoms with Gasteiger partial charge in [0.2, 0.25) is 6.08 Å². The Morgan fingerprint density at radius 3 is 2.76 bits per heavy atom. The first-order valence-corrected chi connectivity index (χ1v) is 8.36. The van der Waals surface area contributed by atoms with Gasteiger partial charge in [0.1, 0.15) is 0 Å². The Kier molecular flexibility index (Phi) is 9.23. The fourth-order valence-corrected chi connectivity index (χ4v) is 2.46.